The third-order valence-corrected chi connectivity index (χ3v) is 15.3. The molecular weight excluding hydrogens is 1040 g/mol. The Kier molecular flexibility index (Phi) is 19.1. The lowest BCUT2D eigenvalue weighted by molar-refractivity contribution is -0.137. The Balaban J connectivity index is 0.875. The molecule has 5 aromatic rings. The maximum absolute atomic E-state index is 14.1. The molecule has 1 radical (unpaired) electrons. The number of hydrogen-bond acceptors (Lipinski definition) is 9. The number of nitrogens with zero attached hydrogens (tertiary/aromatic N) is 3. The number of nitrogens with one attached hydrogen (secondary N) is 4. The van der Waals surface area contributed by atoms with Crippen molar-refractivity contribution in [2.24, 2.45) is 11.7 Å². The summed E-state index contributed by atoms with van der Waals surface area (Å²) in [5.41, 5.74) is 10.1. The Morgan fingerprint density at radius 1 is 0.718 bits per heavy atom. The number of unbranched alkanes of at least 4 members (excludes halogenated alkanes) is 2. The van der Waals surface area contributed by atoms with Gasteiger partial charge in [0.25, 0.3) is 11.8 Å². The van der Waals surface area contributed by atoms with Crippen LogP contribution in [-0.2, 0) is 40.2 Å². The van der Waals surface area contributed by atoms with Crippen LogP contribution >= 0.6 is 23.2 Å². The van der Waals surface area contributed by atoms with E-state index in [1.54, 1.807) is 47.9 Å². The summed E-state index contributed by atoms with van der Waals surface area (Å²) in [4.78, 5) is 108. The molecule has 4 atom stereocenters. The van der Waals surface area contributed by atoms with Gasteiger partial charge in [0.15, 0.2) is 0 Å². The number of benzene rings is 5. The van der Waals surface area contributed by atoms with Crippen LogP contribution in [0.2, 0.25) is 0 Å². The molecule has 78 heavy (non-hydrogen) atoms. The number of ether oxygens (including phenoxy) is 1. The number of carbonyl (C=O) groups excluding carboxylic acids is 8. The number of amides is 9. The van der Waals surface area contributed by atoms with Gasteiger partial charge in [0.2, 0.25) is 29.5 Å². The molecule has 409 valence electrons. The topological polar surface area (TPSA) is 230 Å². The van der Waals surface area contributed by atoms with Gasteiger partial charge in [-0.3, -0.25) is 38.5 Å². The molecule has 0 aromatic heterocycles. The molecule has 19 heteroatoms. The van der Waals surface area contributed by atoms with Crippen LogP contribution in [0, 0.1) is 12.0 Å². The van der Waals surface area contributed by atoms with Crippen molar-refractivity contribution >= 4 is 109 Å². The van der Waals surface area contributed by atoms with E-state index < -0.39 is 29.9 Å². The van der Waals surface area contributed by atoms with E-state index in [0.29, 0.717) is 68.4 Å². The second-order valence-electron chi connectivity index (χ2n) is 20.3. The second kappa shape index (κ2) is 26.2. The molecule has 0 bridgehead atoms. The number of fused-ring (bicyclic) bond motifs is 6. The zero-order valence-corrected chi connectivity index (χ0v) is 45.3. The largest absolute Gasteiger partial charge is 0.488 e. The minimum absolute atomic E-state index is 0.00543. The normalized spacial score (nSPS) is 16.3. The first-order valence-electron chi connectivity index (χ1n) is 26.6. The molecule has 3 aliphatic rings. The number of primary amides is 1. The van der Waals surface area contributed by atoms with E-state index in [2.05, 4.69) is 27.3 Å². The number of rotatable bonds is 25. The highest BCUT2D eigenvalue weighted by Gasteiger charge is 2.37. The van der Waals surface area contributed by atoms with Gasteiger partial charge in [0.05, 0.1) is 5.69 Å². The molecule has 0 saturated heterocycles. The lowest BCUT2D eigenvalue weighted by Gasteiger charge is -2.25. The van der Waals surface area contributed by atoms with Crippen molar-refractivity contribution in [1.82, 2.24) is 20.9 Å². The Hall–Kier alpha value is -7.50. The number of halogens is 2. The average molecular weight is 1100 g/mol. The molecule has 0 spiro atoms. The van der Waals surface area contributed by atoms with Crippen LogP contribution in [0.25, 0.3) is 21.5 Å². The quantitative estimate of drug-likeness (QED) is 0.0216. The van der Waals surface area contributed by atoms with Gasteiger partial charge >= 0.3 is 6.03 Å². The predicted octanol–water partition coefficient (Wildman–Crippen LogP) is 8.08. The molecule has 0 aliphatic carbocycles. The third kappa shape index (κ3) is 13.4. The van der Waals surface area contributed by atoms with Gasteiger partial charge in [-0.1, -0.05) is 80.9 Å². The summed E-state index contributed by atoms with van der Waals surface area (Å²) in [5, 5.41) is 14.8. The molecule has 9 amide bonds. The summed E-state index contributed by atoms with van der Waals surface area (Å²) in [7, 11) is 0. The van der Waals surface area contributed by atoms with Crippen LogP contribution in [0.1, 0.15) is 100 Å². The summed E-state index contributed by atoms with van der Waals surface area (Å²) in [6.07, 6.45) is 5.32. The summed E-state index contributed by atoms with van der Waals surface area (Å²) in [6.45, 7) is 5.00. The molecule has 0 unspecified atom stereocenters. The van der Waals surface area contributed by atoms with E-state index in [1.807, 2.05) is 60.7 Å². The number of hydrogen-bond donors (Lipinski definition) is 5. The summed E-state index contributed by atoms with van der Waals surface area (Å²) >= 11 is 13.0. The van der Waals surface area contributed by atoms with Crippen molar-refractivity contribution in [3.05, 3.63) is 120 Å². The van der Waals surface area contributed by atoms with Gasteiger partial charge in [0.1, 0.15) is 24.4 Å². The number of imide groups is 1. The highest BCUT2D eigenvalue weighted by Crippen LogP contribution is 2.46. The average Bonchev–Trinajstić information content (AvgIpc) is 4.16. The zero-order valence-electron chi connectivity index (χ0n) is 43.8. The van der Waals surface area contributed by atoms with Gasteiger partial charge in [-0.25, -0.2) is 4.79 Å². The molecule has 3 aliphatic heterocycles. The highest BCUT2D eigenvalue weighted by atomic mass is 35.5. The van der Waals surface area contributed by atoms with E-state index in [4.69, 9.17) is 33.7 Å². The van der Waals surface area contributed by atoms with Crippen LogP contribution in [0.3, 0.4) is 0 Å². The Labute approximate surface area is 463 Å². The Morgan fingerprint density at radius 3 is 2.00 bits per heavy atom. The first-order valence-corrected chi connectivity index (χ1v) is 27.6. The zero-order chi connectivity index (χ0) is 55.5. The fourth-order valence-corrected chi connectivity index (χ4v) is 11.0. The van der Waals surface area contributed by atoms with Crippen LogP contribution in [-0.4, -0.2) is 102 Å². The number of urea groups is 1. The monoisotopic (exact) mass is 1100 g/mol. The molecule has 8 rings (SSSR count). The maximum atomic E-state index is 14.1. The minimum atomic E-state index is -1.04. The van der Waals surface area contributed by atoms with Gasteiger partial charge in [0, 0.05) is 104 Å². The van der Waals surface area contributed by atoms with Crippen molar-refractivity contribution in [3.63, 3.8) is 0 Å². The number of alkyl halides is 2. The molecular formula is C59H65Cl2N8O9. The lowest BCUT2D eigenvalue weighted by Crippen LogP contribution is -2.54. The molecule has 6 N–H and O–H groups in total. The molecule has 5 aromatic carbocycles. The summed E-state index contributed by atoms with van der Waals surface area (Å²) < 4.78 is 6.51. The smallest absolute Gasteiger partial charge is 0.312 e. The lowest BCUT2D eigenvalue weighted by atomic mass is 9.95. The number of nitrogens with two attached hydrogens (primary N) is 1. The van der Waals surface area contributed by atoms with E-state index in [0.717, 1.165) is 54.5 Å². The molecule has 0 fully saturated rings. The van der Waals surface area contributed by atoms with Gasteiger partial charge in [-0.15, -0.1) is 23.2 Å². The van der Waals surface area contributed by atoms with Crippen molar-refractivity contribution in [3.8, 4) is 5.75 Å². The third-order valence-electron chi connectivity index (χ3n) is 14.5. The number of anilines is 3. The molecule has 3 heterocycles. The second-order valence-corrected chi connectivity index (χ2v) is 20.9. The van der Waals surface area contributed by atoms with E-state index >= 15 is 0 Å². The summed E-state index contributed by atoms with van der Waals surface area (Å²) in [6, 6.07) is 27.2. The fourth-order valence-electron chi connectivity index (χ4n) is 10.5. The standard InChI is InChI=1S/C59H65Cl2N8O9/c1-36(2)56(66-49(70)17-4-3-9-29-67-52(73)26-27-53(67)74)58(76)65-45(16-11-28-63-59(62)77)57(75)64-41-23-20-37(21-24-41)35-78-48-30-47-55(44-15-8-7-14-43(44)48)40(32-61)34-69(47)51(72)19-10-18-50(71)68-33-39(31-60)54-42-13-6-5-12-38(42)22-25-46(54)68/h5-8,12-15,20-21,23-27,30,36,39-40,45,56H,3-4,9-11,16-19,28-29,31-35H2,1-2H3,(H,64,75)(H,65,76)(H,66,70)(H3,62,63,77)/t39-,40-,45+,56+/m1/s1. The fraction of sp³-hybridized carbons (Fsp3) is 0.390. The highest BCUT2D eigenvalue weighted by molar-refractivity contribution is 6.19. The predicted molar refractivity (Wildman–Crippen MR) is 301 cm³/mol. The number of carbonyl (C=O) groups is 8. The van der Waals surface area contributed by atoms with Crippen LogP contribution in [0.15, 0.2) is 97.1 Å². The van der Waals surface area contributed by atoms with E-state index in [1.165, 1.54) is 12.2 Å². The van der Waals surface area contributed by atoms with Crippen LogP contribution in [0.5, 0.6) is 5.75 Å². The molecule has 0 saturated carbocycles. The van der Waals surface area contributed by atoms with Crippen molar-refractivity contribution in [1.29, 1.82) is 0 Å². The maximum Gasteiger partial charge on any atom is 0.312 e. The van der Waals surface area contributed by atoms with Gasteiger partial charge in [-0.2, -0.15) is 0 Å². The van der Waals surface area contributed by atoms with Gasteiger partial charge < -0.3 is 41.5 Å². The van der Waals surface area contributed by atoms with Crippen molar-refractivity contribution in [2.45, 2.75) is 102 Å². The van der Waals surface area contributed by atoms with E-state index in [9.17, 15) is 38.4 Å². The SMILES string of the molecule is CC(C)[C@H](NC(=O)CCCCCN1C(=O)C=CC1=O)C(=O)N[C@@H](CCCNC(N)=O)C(=O)Nc1ccc(COc2cc3c(c4ccccc24)[C@H](CCl)CN3C(=O)CCCC(=O)N2C[C@@H](CCl)c3c2c[c]c2ccccc32)cc1. The molecule has 17 nitrogen and oxygen atoms in total. The first kappa shape index (κ1) is 56.7. The van der Waals surface area contributed by atoms with Crippen LogP contribution < -0.4 is 41.5 Å². The van der Waals surface area contributed by atoms with Crippen LogP contribution in [0.4, 0.5) is 21.9 Å². The van der Waals surface area contributed by atoms with Crippen molar-refractivity contribution in [2.75, 3.05) is 53.1 Å². The van der Waals surface area contributed by atoms with Gasteiger partial charge in [-0.05, 0) is 95.1 Å². The summed E-state index contributed by atoms with van der Waals surface area (Å²) in [5.74, 6) is -1.51. The Morgan fingerprint density at radius 2 is 1.35 bits per heavy atom. The minimum Gasteiger partial charge on any atom is -0.488 e. The van der Waals surface area contributed by atoms with Crippen molar-refractivity contribution < 1.29 is 43.1 Å². The van der Waals surface area contributed by atoms with E-state index in [-0.39, 0.29) is 92.7 Å². The first-order chi connectivity index (χ1) is 37.6. The Bertz CT molecular complexity index is 3100.